The van der Waals surface area contributed by atoms with Crippen LogP contribution < -0.4 is 4.74 Å². The molecular formula is C20H17F3N2O2S. The van der Waals surface area contributed by atoms with Gasteiger partial charge in [-0.25, -0.2) is 4.98 Å². The van der Waals surface area contributed by atoms with E-state index in [1.54, 1.807) is 16.2 Å². The summed E-state index contributed by atoms with van der Waals surface area (Å²) < 4.78 is 41.7. The molecule has 1 aliphatic rings. The maximum atomic E-state index is 12.6. The lowest BCUT2D eigenvalue weighted by Gasteiger charge is -2.31. The number of nitrogens with zero attached hydrogens (tertiary/aromatic N) is 2. The summed E-state index contributed by atoms with van der Waals surface area (Å²) in [5.74, 6) is -0.191. The molecule has 2 aromatic carbocycles. The van der Waals surface area contributed by atoms with Crippen molar-refractivity contribution in [3.8, 4) is 5.75 Å². The van der Waals surface area contributed by atoms with Gasteiger partial charge in [-0.15, -0.1) is 24.5 Å². The SMILES string of the molecule is O=C(c1ccc(OC(F)(F)F)cc1)N1CCC(c2nc3ccccc3s2)CC1. The van der Waals surface area contributed by atoms with Gasteiger partial charge in [0, 0.05) is 24.6 Å². The summed E-state index contributed by atoms with van der Waals surface area (Å²) in [7, 11) is 0. The van der Waals surface area contributed by atoms with Crippen molar-refractivity contribution in [2.75, 3.05) is 13.1 Å². The van der Waals surface area contributed by atoms with E-state index in [-0.39, 0.29) is 11.7 Å². The van der Waals surface area contributed by atoms with Gasteiger partial charge in [0.15, 0.2) is 0 Å². The monoisotopic (exact) mass is 406 g/mol. The van der Waals surface area contributed by atoms with Gasteiger partial charge in [-0.05, 0) is 49.2 Å². The number of para-hydroxylation sites is 1. The largest absolute Gasteiger partial charge is 0.573 e. The van der Waals surface area contributed by atoms with Gasteiger partial charge in [-0.2, -0.15) is 0 Å². The lowest BCUT2D eigenvalue weighted by atomic mass is 9.97. The van der Waals surface area contributed by atoms with Crippen LogP contribution in [0.2, 0.25) is 0 Å². The average Bonchev–Trinajstić information content (AvgIpc) is 3.11. The summed E-state index contributed by atoms with van der Waals surface area (Å²) in [6.07, 6.45) is -3.10. The van der Waals surface area contributed by atoms with Crippen LogP contribution in [0.5, 0.6) is 5.75 Å². The number of hydrogen-bond acceptors (Lipinski definition) is 4. The van der Waals surface area contributed by atoms with Crippen molar-refractivity contribution in [2.24, 2.45) is 0 Å². The van der Waals surface area contributed by atoms with Crippen molar-refractivity contribution in [3.63, 3.8) is 0 Å². The Hall–Kier alpha value is -2.61. The van der Waals surface area contributed by atoms with E-state index in [1.807, 2.05) is 18.2 Å². The van der Waals surface area contributed by atoms with Crippen molar-refractivity contribution in [3.05, 3.63) is 59.1 Å². The van der Waals surface area contributed by atoms with E-state index in [9.17, 15) is 18.0 Å². The zero-order valence-corrected chi connectivity index (χ0v) is 15.6. The van der Waals surface area contributed by atoms with E-state index in [1.165, 1.54) is 12.1 Å². The summed E-state index contributed by atoms with van der Waals surface area (Å²) in [4.78, 5) is 19.1. The van der Waals surface area contributed by atoms with Gasteiger partial charge in [0.2, 0.25) is 0 Å². The summed E-state index contributed by atoms with van der Waals surface area (Å²) in [5, 5.41) is 1.10. The van der Waals surface area contributed by atoms with Gasteiger partial charge < -0.3 is 9.64 Å². The van der Waals surface area contributed by atoms with Crippen molar-refractivity contribution >= 4 is 27.5 Å². The third kappa shape index (κ3) is 4.11. The minimum Gasteiger partial charge on any atom is -0.406 e. The predicted octanol–water partition coefficient (Wildman–Crippen LogP) is 5.21. The van der Waals surface area contributed by atoms with E-state index in [2.05, 4.69) is 10.8 Å². The van der Waals surface area contributed by atoms with E-state index in [0.717, 1.165) is 40.2 Å². The highest BCUT2D eigenvalue weighted by Crippen LogP contribution is 2.34. The van der Waals surface area contributed by atoms with Crippen LogP contribution in [0, 0.1) is 0 Å². The van der Waals surface area contributed by atoms with Gasteiger partial charge in [0.25, 0.3) is 5.91 Å². The number of amides is 1. The molecule has 28 heavy (non-hydrogen) atoms. The molecule has 0 bridgehead atoms. The second-order valence-corrected chi connectivity index (χ2v) is 7.72. The second kappa shape index (κ2) is 7.43. The summed E-state index contributed by atoms with van der Waals surface area (Å²) in [6, 6.07) is 13.1. The molecule has 0 radical (unpaired) electrons. The Morgan fingerprint density at radius 2 is 1.75 bits per heavy atom. The molecule has 0 atom stereocenters. The lowest BCUT2D eigenvalue weighted by molar-refractivity contribution is -0.274. The fourth-order valence-electron chi connectivity index (χ4n) is 3.38. The van der Waals surface area contributed by atoms with Crippen LogP contribution in [0.3, 0.4) is 0 Å². The van der Waals surface area contributed by atoms with Gasteiger partial charge in [-0.3, -0.25) is 4.79 Å². The van der Waals surface area contributed by atoms with Crippen LogP contribution in [0.4, 0.5) is 13.2 Å². The van der Waals surface area contributed by atoms with E-state index < -0.39 is 6.36 Å². The number of ether oxygens (including phenoxy) is 1. The molecule has 1 aromatic heterocycles. The third-order valence-electron chi connectivity index (χ3n) is 4.78. The van der Waals surface area contributed by atoms with Crippen molar-refractivity contribution in [1.82, 2.24) is 9.88 Å². The standard InChI is InChI=1S/C20H17F3N2O2S/c21-20(22,23)27-15-7-5-14(6-8-15)19(26)25-11-9-13(10-12-25)18-24-16-3-1-2-4-17(16)28-18/h1-8,13H,9-12H2. The van der Waals surface area contributed by atoms with Crippen LogP contribution in [0.25, 0.3) is 10.2 Å². The fourth-order valence-corrected chi connectivity index (χ4v) is 4.51. The molecule has 1 saturated heterocycles. The van der Waals surface area contributed by atoms with Crippen LogP contribution in [-0.2, 0) is 0 Å². The summed E-state index contributed by atoms with van der Waals surface area (Å²) in [6.45, 7) is 1.19. The molecule has 2 heterocycles. The number of thiazole rings is 1. The van der Waals surface area contributed by atoms with E-state index in [4.69, 9.17) is 4.98 Å². The quantitative estimate of drug-likeness (QED) is 0.599. The van der Waals surface area contributed by atoms with Crippen LogP contribution >= 0.6 is 11.3 Å². The highest BCUT2D eigenvalue weighted by molar-refractivity contribution is 7.18. The minimum absolute atomic E-state index is 0.179. The fraction of sp³-hybridized carbons (Fsp3) is 0.300. The Balaban J connectivity index is 1.38. The van der Waals surface area contributed by atoms with Crippen LogP contribution in [0.1, 0.15) is 34.1 Å². The molecule has 3 aromatic rings. The molecule has 4 nitrogen and oxygen atoms in total. The molecule has 0 saturated carbocycles. The van der Waals surface area contributed by atoms with Crippen LogP contribution in [0.15, 0.2) is 48.5 Å². The van der Waals surface area contributed by atoms with Crippen molar-refractivity contribution in [1.29, 1.82) is 0 Å². The van der Waals surface area contributed by atoms with Gasteiger partial charge in [0.1, 0.15) is 5.75 Å². The summed E-state index contributed by atoms with van der Waals surface area (Å²) in [5.41, 5.74) is 1.36. The number of hydrogen-bond donors (Lipinski definition) is 0. The lowest BCUT2D eigenvalue weighted by Crippen LogP contribution is -2.37. The number of benzene rings is 2. The highest BCUT2D eigenvalue weighted by atomic mass is 32.1. The molecule has 0 N–H and O–H groups in total. The Morgan fingerprint density at radius 3 is 2.39 bits per heavy atom. The van der Waals surface area contributed by atoms with E-state index >= 15 is 0 Å². The molecular weight excluding hydrogens is 389 g/mol. The topological polar surface area (TPSA) is 42.4 Å². The molecule has 146 valence electrons. The second-order valence-electron chi connectivity index (χ2n) is 6.66. The number of fused-ring (bicyclic) bond motifs is 1. The minimum atomic E-state index is -4.74. The first kappa shape index (κ1) is 18.7. The Morgan fingerprint density at radius 1 is 1.07 bits per heavy atom. The first-order chi connectivity index (χ1) is 13.4. The van der Waals surface area contributed by atoms with Gasteiger partial charge in [-0.1, -0.05) is 12.1 Å². The predicted molar refractivity (Wildman–Crippen MR) is 101 cm³/mol. The molecule has 0 aliphatic carbocycles. The van der Waals surface area contributed by atoms with Gasteiger partial charge in [0.05, 0.1) is 15.2 Å². The smallest absolute Gasteiger partial charge is 0.406 e. The summed E-state index contributed by atoms with van der Waals surface area (Å²) >= 11 is 1.70. The zero-order chi connectivity index (χ0) is 19.7. The molecule has 1 aliphatic heterocycles. The average molecular weight is 406 g/mol. The number of carbonyl (C=O) groups is 1. The number of carbonyl (C=O) groups excluding carboxylic acids is 1. The Labute approximate surface area is 163 Å². The maximum absolute atomic E-state index is 12.6. The van der Waals surface area contributed by atoms with Gasteiger partial charge >= 0.3 is 6.36 Å². The number of likely N-dealkylation sites (tertiary alicyclic amines) is 1. The first-order valence-corrected chi connectivity index (χ1v) is 9.71. The number of aromatic nitrogens is 1. The molecule has 8 heteroatoms. The number of alkyl halides is 3. The normalized spacial score (nSPS) is 15.8. The molecule has 1 fully saturated rings. The number of rotatable bonds is 3. The number of halogens is 3. The third-order valence-corrected chi connectivity index (χ3v) is 5.98. The molecule has 1 amide bonds. The molecule has 0 unspecified atom stereocenters. The van der Waals surface area contributed by atoms with Crippen molar-refractivity contribution < 1.29 is 22.7 Å². The first-order valence-electron chi connectivity index (χ1n) is 8.89. The molecule has 4 rings (SSSR count). The molecule has 0 spiro atoms. The van der Waals surface area contributed by atoms with E-state index in [0.29, 0.717) is 24.6 Å². The number of piperidine rings is 1. The van der Waals surface area contributed by atoms with Crippen molar-refractivity contribution in [2.45, 2.75) is 25.1 Å². The Kier molecular flexibility index (Phi) is 4.97. The Bertz CT molecular complexity index is 944. The zero-order valence-electron chi connectivity index (χ0n) is 14.8. The van der Waals surface area contributed by atoms with Crippen LogP contribution in [-0.4, -0.2) is 35.2 Å². The maximum Gasteiger partial charge on any atom is 0.573 e. The highest BCUT2D eigenvalue weighted by Gasteiger charge is 2.31.